The lowest BCUT2D eigenvalue weighted by Gasteiger charge is -2.36. The number of anilines is 1. The molecule has 2 unspecified atom stereocenters. The number of likely N-dealkylation sites (tertiary alicyclic amines) is 1. The number of alkyl halides is 3. The quantitative estimate of drug-likeness (QED) is 0.586. The van der Waals surface area contributed by atoms with E-state index in [1.807, 2.05) is 0 Å². The molecule has 11 heteroatoms. The van der Waals surface area contributed by atoms with Gasteiger partial charge in [-0.1, -0.05) is 12.8 Å². The maximum absolute atomic E-state index is 13.0. The van der Waals surface area contributed by atoms with Crippen LogP contribution in [0, 0.1) is 5.92 Å². The standard InChI is InChI=1S/C21H33F3N4O3S/c1-27(17-8-10-28(11-9-17)15-21(22,23)24)32(30,31)19-6-7-20(26-14-19)25-13-16-4-2-3-5-18(29)12-16/h6-7,14,16-18,29H,2-5,8-13,15H2,1H3,(H,25,26). The van der Waals surface area contributed by atoms with Crippen molar-refractivity contribution in [3.8, 4) is 0 Å². The molecule has 2 heterocycles. The molecule has 7 nitrogen and oxygen atoms in total. The lowest BCUT2D eigenvalue weighted by Crippen LogP contribution is -2.47. The van der Waals surface area contributed by atoms with Gasteiger partial charge in [-0.05, 0) is 50.2 Å². The number of halogens is 3. The largest absolute Gasteiger partial charge is 0.401 e. The predicted octanol–water partition coefficient (Wildman–Crippen LogP) is 3.08. The molecule has 0 aromatic carbocycles. The lowest BCUT2D eigenvalue weighted by molar-refractivity contribution is -0.148. The van der Waals surface area contributed by atoms with Gasteiger partial charge in [0.15, 0.2) is 0 Å². The fourth-order valence-electron chi connectivity index (χ4n) is 4.56. The van der Waals surface area contributed by atoms with Gasteiger partial charge in [0.2, 0.25) is 10.0 Å². The number of hydrogen-bond acceptors (Lipinski definition) is 6. The first-order chi connectivity index (χ1) is 15.0. The van der Waals surface area contributed by atoms with Crippen molar-refractivity contribution in [3.63, 3.8) is 0 Å². The maximum Gasteiger partial charge on any atom is 0.401 e. The summed E-state index contributed by atoms with van der Waals surface area (Å²) in [5, 5.41) is 13.2. The molecule has 1 aliphatic carbocycles. The molecule has 2 fully saturated rings. The predicted molar refractivity (Wildman–Crippen MR) is 116 cm³/mol. The second-order valence-electron chi connectivity index (χ2n) is 8.94. The van der Waals surface area contributed by atoms with Gasteiger partial charge in [0.1, 0.15) is 10.7 Å². The number of nitrogens with one attached hydrogen (secondary N) is 1. The normalized spacial score (nSPS) is 24.4. The first-order valence-corrected chi connectivity index (χ1v) is 12.6. The summed E-state index contributed by atoms with van der Waals surface area (Å²) in [6.45, 7) is 0.128. The van der Waals surface area contributed by atoms with Gasteiger partial charge in [0, 0.05) is 38.9 Å². The molecule has 2 aliphatic rings. The van der Waals surface area contributed by atoms with Crippen LogP contribution in [0.15, 0.2) is 23.2 Å². The third kappa shape index (κ3) is 7.03. The highest BCUT2D eigenvalue weighted by Gasteiger charge is 2.35. The maximum atomic E-state index is 13.0. The van der Waals surface area contributed by atoms with Gasteiger partial charge < -0.3 is 10.4 Å². The number of nitrogens with zero attached hydrogens (tertiary/aromatic N) is 3. The molecule has 2 atom stereocenters. The molecule has 0 spiro atoms. The lowest BCUT2D eigenvalue weighted by atomic mass is 9.99. The molecule has 0 amide bonds. The van der Waals surface area contributed by atoms with Crippen molar-refractivity contribution in [1.82, 2.24) is 14.2 Å². The van der Waals surface area contributed by atoms with Crippen LogP contribution in [0.5, 0.6) is 0 Å². The first kappa shape index (κ1) is 25.2. The molecule has 32 heavy (non-hydrogen) atoms. The molecule has 1 aromatic heterocycles. The van der Waals surface area contributed by atoms with E-state index in [0.29, 0.717) is 31.1 Å². The highest BCUT2D eigenvalue weighted by molar-refractivity contribution is 7.89. The van der Waals surface area contributed by atoms with Gasteiger partial charge in [0.25, 0.3) is 0 Å². The summed E-state index contributed by atoms with van der Waals surface area (Å²) in [6.07, 6.45) is 2.29. The molecule has 1 saturated heterocycles. The average molecular weight is 479 g/mol. The van der Waals surface area contributed by atoms with E-state index in [2.05, 4.69) is 10.3 Å². The number of aliphatic hydroxyl groups is 1. The van der Waals surface area contributed by atoms with Crippen LogP contribution in [0.4, 0.5) is 19.0 Å². The van der Waals surface area contributed by atoms with Gasteiger partial charge in [0.05, 0.1) is 12.6 Å². The zero-order valence-corrected chi connectivity index (χ0v) is 19.2. The Bertz CT molecular complexity index is 828. The number of aromatic nitrogens is 1. The van der Waals surface area contributed by atoms with E-state index in [9.17, 15) is 26.7 Å². The molecule has 1 saturated carbocycles. The Morgan fingerprint density at radius 3 is 2.50 bits per heavy atom. The molecule has 0 radical (unpaired) electrons. The first-order valence-electron chi connectivity index (χ1n) is 11.2. The Labute approximate surface area is 188 Å². The molecular weight excluding hydrogens is 445 g/mol. The number of piperidine rings is 1. The van der Waals surface area contributed by atoms with Crippen molar-refractivity contribution in [2.75, 3.05) is 38.5 Å². The number of rotatable bonds is 7. The summed E-state index contributed by atoms with van der Waals surface area (Å²) in [5.74, 6) is 0.929. The van der Waals surface area contributed by atoms with Crippen molar-refractivity contribution in [2.45, 2.75) is 68.2 Å². The van der Waals surface area contributed by atoms with Crippen molar-refractivity contribution >= 4 is 15.8 Å². The van der Waals surface area contributed by atoms with Crippen molar-refractivity contribution < 1.29 is 26.7 Å². The van der Waals surface area contributed by atoms with Gasteiger partial charge in [-0.3, -0.25) is 4.90 Å². The van der Waals surface area contributed by atoms with Crippen molar-refractivity contribution in [3.05, 3.63) is 18.3 Å². The minimum absolute atomic E-state index is 0.0631. The number of aliphatic hydroxyl groups excluding tert-OH is 1. The van der Waals surface area contributed by atoms with Crippen LogP contribution in [0.3, 0.4) is 0 Å². The smallest absolute Gasteiger partial charge is 0.393 e. The number of hydrogen-bond donors (Lipinski definition) is 2. The summed E-state index contributed by atoms with van der Waals surface area (Å²) in [4.78, 5) is 5.61. The van der Waals surface area contributed by atoms with E-state index in [1.54, 1.807) is 6.07 Å². The minimum atomic E-state index is -4.25. The zero-order valence-electron chi connectivity index (χ0n) is 18.4. The Hall–Kier alpha value is -1.43. The van der Waals surface area contributed by atoms with E-state index >= 15 is 0 Å². The van der Waals surface area contributed by atoms with Crippen molar-refractivity contribution in [2.24, 2.45) is 5.92 Å². The van der Waals surface area contributed by atoms with E-state index < -0.39 is 22.7 Å². The SMILES string of the molecule is CN(C1CCN(CC(F)(F)F)CC1)S(=O)(=O)c1ccc(NCC2CCCCC(O)C2)nc1. The molecule has 182 valence electrons. The zero-order chi connectivity index (χ0) is 23.4. The van der Waals surface area contributed by atoms with Crippen LogP contribution < -0.4 is 5.32 Å². The van der Waals surface area contributed by atoms with Crippen LogP contribution in [-0.2, 0) is 10.0 Å². The summed E-state index contributed by atoms with van der Waals surface area (Å²) in [5.41, 5.74) is 0. The monoisotopic (exact) mass is 478 g/mol. The molecule has 1 aromatic rings. The fraction of sp³-hybridized carbons (Fsp3) is 0.762. The van der Waals surface area contributed by atoms with Crippen LogP contribution in [0.2, 0.25) is 0 Å². The minimum Gasteiger partial charge on any atom is -0.393 e. The molecule has 1 aliphatic heterocycles. The molecular formula is C21H33F3N4O3S. The van der Waals surface area contributed by atoms with E-state index in [4.69, 9.17) is 0 Å². The Morgan fingerprint density at radius 2 is 1.88 bits per heavy atom. The topological polar surface area (TPSA) is 85.8 Å². The summed E-state index contributed by atoms with van der Waals surface area (Å²) < 4.78 is 64.9. The summed E-state index contributed by atoms with van der Waals surface area (Å²) in [6, 6.07) is 2.78. The molecule has 0 bridgehead atoms. The third-order valence-electron chi connectivity index (χ3n) is 6.46. The van der Waals surface area contributed by atoms with Crippen LogP contribution in [0.1, 0.15) is 44.9 Å². The molecule has 2 N–H and O–H groups in total. The summed E-state index contributed by atoms with van der Waals surface area (Å²) >= 11 is 0. The Morgan fingerprint density at radius 1 is 1.19 bits per heavy atom. The second-order valence-corrected chi connectivity index (χ2v) is 10.9. The highest BCUT2D eigenvalue weighted by Crippen LogP contribution is 2.26. The average Bonchev–Trinajstić information content (AvgIpc) is 2.95. The van der Waals surface area contributed by atoms with Crippen LogP contribution >= 0.6 is 0 Å². The summed E-state index contributed by atoms with van der Waals surface area (Å²) in [7, 11) is -2.31. The van der Waals surface area contributed by atoms with Gasteiger partial charge >= 0.3 is 6.18 Å². The fourth-order valence-corrected chi connectivity index (χ4v) is 5.92. The van der Waals surface area contributed by atoms with Crippen LogP contribution in [-0.4, -0.2) is 79.3 Å². The third-order valence-corrected chi connectivity index (χ3v) is 8.36. The van der Waals surface area contributed by atoms with Gasteiger partial charge in [-0.25, -0.2) is 13.4 Å². The van der Waals surface area contributed by atoms with Gasteiger partial charge in [-0.2, -0.15) is 17.5 Å². The van der Waals surface area contributed by atoms with Crippen LogP contribution in [0.25, 0.3) is 0 Å². The number of sulfonamides is 1. The Balaban J connectivity index is 1.54. The van der Waals surface area contributed by atoms with E-state index in [1.165, 1.54) is 28.5 Å². The van der Waals surface area contributed by atoms with E-state index in [0.717, 1.165) is 32.1 Å². The van der Waals surface area contributed by atoms with Crippen molar-refractivity contribution in [1.29, 1.82) is 0 Å². The van der Waals surface area contributed by atoms with Gasteiger partial charge in [-0.15, -0.1) is 0 Å². The second kappa shape index (κ2) is 10.7. The highest BCUT2D eigenvalue weighted by atomic mass is 32.2. The Kier molecular flexibility index (Phi) is 8.40. The number of pyridine rings is 1. The molecule has 3 rings (SSSR count). The van der Waals surface area contributed by atoms with E-state index in [-0.39, 0.29) is 30.1 Å².